The molecular weight excluding hydrogens is 380 g/mol. The molecule has 1 aromatic heterocycles. The SMILES string of the molecule is Cc1ccc2[nH]c3c(c2c1)CCNC3c1cccc(OCc2ccc(Cl)cc2)c1. The summed E-state index contributed by atoms with van der Waals surface area (Å²) in [6.07, 6.45) is 1.04. The minimum absolute atomic E-state index is 0.144. The highest BCUT2D eigenvalue weighted by molar-refractivity contribution is 6.30. The first-order valence-electron chi connectivity index (χ1n) is 9.99. The molecule has 0 radical (unpaired) electrons. The van der Waals surface area contributed by atoms with Gasteiger partial charge in [0.25, 0.3) is 0 Å². The molecule has 1 unspecified atom stereocenters. The van der Waals surface area contributed by atoms with E-state index in [4.69, 9.17) is 16.3 Å². The van der Waals surface area contributed by atoms with Crippen LogP contribution in [0.25, 0.3) is 10.9 Å². The van der Waals surface area contributed by atoms with E-state index in [0.29, 0.717) is 6.61 Å². The zero-order valence-electron chi connectivity index (χ0n) is 16.3. The molecule has 3 aromatic carbocycles. The summed E-state index contributed by atoms with van der Waals surface area (Å²) < 4.78 is 6.04. The number of ether oxygens (including phenoxy) is 1. The molecule has 0 fully saturated rings. The minimum Gasteiger partial charge on any atom is -0.489 e. The number of benzene rings is 3. The standard InChI is InChI=1S/C25H23ClN2O/c1-16-5-10-23-22(13-16)21-11-12-27-24(25(21)28-23)18-3-2-4-20(14-18)29-15-17-6-8-19(26)9-7-17/h2-10,13-14,24,27-28H,11-12,15H2,1H3. The number of fused-ring (bicyclic) bond motifs is 3. The Bertz CT molecular complexity index is 1160. The van der Waals surface area contributed by atoms with Crippen molar-refractivity contribution in [3.63, 3.8) is 0 Å². The Morgan fingerprint density at radius 1 is 1.03 bits per heavy atom. The Morgan fingerprint density at radius 2 is 1.90 bits per heavy atom. The summed E-state index contributed by atoms with van der Waals surface area (Å²) in [6, 6.07) is 22.9. The number of nitrogens with one attached hydrogen (secondary N) is 2. The number of halogens is 1. The molecule has 5 rings (SSSR count). The van der Waals surface area contributed by atoms with Crippen LogP contribution in [0.15, 0.2) is 66.7 Å². The number of hydrogen-bond acceptors (Lipinski definition) is 2. The second kappa shape index (κ2) is 7.58. The molecule has 4 heteroatoms. The van der Waals surface area contributed by atoms with Gasteiger partial charge in [0.15, 0.2) is 0 Å². The summed E-state index contributed by atoms with van der Waals surface area (Å²) in [5.41, 5.74) is 7.52. The van der Waals surface area contributed by atoms with Gasteiger partial charge in [0, 0.05) is 28.2 Å². The predicted octanol–water partition coefficient (Wildman–Crippen LogP) is 5.94. The fourth-order valence-corrected chi connectivity index (χ4v) is 4.28. The maximum absolute atomic E-state index is 6.04. The third-order valence-electron chi connectivity index (χ3n) is 5.62. The van der Waals surface area contributed by atoms with Gasteiger partial charge in [-0.15, -0.1) is 0 Å². The monoisotopic (exact) mass is 402 g/mol. The zero-order valence-corrected chi connectivity index (χ0v) is 17.1. The number of aromatic amines is 1. The van der Waals surface area contributed by atoms with E-state index in [2.05, 4.69) is 53.6 Å². The smallest absolute Gasteiger partial charge is 0.120 e. The van der Waals surface area contributed by atoms with Crippen molar-refractivity contribution in [3.8, 4) is 5.75 Å². The van der Waals surface area contributed by atoms with E-state index in [0.717, 1.165) is 29.3 Å². The third kappa shape index (κ3) is 3.64. The topological polar surface area (TPSA) is 37.0 Å². The van der Waals surface area contributed by atoms with E-state index in [1.807, 2.05) is 30.3 Å². The molecule has 0 amide bonds. The van der Waals surface area contributed by atoms with Gasteiger partial charge >= 0.3 is 0 Å². The molecule has 3 nitrogen and oxygen atoms in total. The molecule has 2 heterocycles. The molecule has 0 bridgehead atoms. The van der Waals surface area contributed by atoms with Gasteiger partial charge in [0.1, 0.15) is 12.4 Å². The third-order valence-corrected chi connectivity index (χ3v) is 5.87. The molecule has 1 aliphatic heterocycles. The predicted molar refractivity (Wildman–Crippen MR) is 119 cm³/mol. The maximum Gasteiger partial charge on any atom is 0.120 e. The molecule has 0 spiro atoms. The van der Waals surface area contributed by atoms with E-state index in [9.17, 15) is 0 Å². The highest BCUT2D eigenvalue weighted by Crippen LogP contribution is 2.34. The summed E-state index contributed by atoms with van der Waals surface area (Å²) >= 11 is 5.96. The molecule has 1 atom stereocenters. The van der Waals surface area contributed by atoms with Gasteiger partial charge in [-0.05, 0) is 66.4 Å². The molecule has 2 N–H and O–H groups in total. The number of rotatable bonds is 4. The lowest BCUT2D eigenvalue weighted by molar-refractivity contribution is 0.305. The Morgan fingerprint density at radius 3 is 2.76 bits per heavy atom. The van der Waals surface area contributed by atoms with Crippen LogP contribution in [0.3, 0.4) is 0 Å². The summed E-state index contributed by atoms with van der Waals surface area (Å²) in [6.45, 7) is 3.64. The van der Waals surface area contributed by atoms with Crippen LogP contribution in [0.2, 0.25) is 5.02 Å². The van der Waals surface area contributed by atoms with Gasteiger partial charge in [0.05, 0.1) is 6.04 Å². The van der Waals surface area contributed by atoms with E-state index in [-0.39, 0.29) is 6.04 Å². The Balaban J connectivity index is 1.43. The van der Waals surface area contributed by atoms with Crippen molar-refractivity contribution in [1.82, 2.24) is 10.3 Å². The van der Waals surface area contributed by atoms with Crippen LogP contribution < -0.4 is 10.1 Å². The second-order valence-electron chi connectivity index (χ2n) is 7.69. The van der Waals surface area contributed by atoms with Gasteiger partial charge < -0.3 is 15.0 Å². The fraction of sp³-hybridized carbons (Fsp3) is 0.200. The van der Waals surface area contributed by atoms with Crippen molar-refractivity contribution in [2.45, 2.75) is 26.0 Å². The first kappa shape index (κ1) is 18.3. The van der Waals surface area contributed by atoms with Crippen LogP contribution in [0, 0.1) is 6.92 Å². The number of aryl methyl sites for hydroxylation is 1. The maximum atomic E-state index is 6.04. The van der Waals surface area contributed by atoms with Crippen molar-refractivity contribution >= 4 is 22.5 Å². The molecule has 1 aliphatic rings. The van der Waals surface area contributed by atoms with Gasteiger partial charge in [-0.25, -0.2) is 0 Å². The molecular formula is C25H23ClN2O. The van der Waals surface area contributed by atoms with Gasteiger partial charge in [-0.2, -0.15) is 0 Å². The van der Waals surface area contributed by atoms with Crippen LogP contribution in [-0.2, 0) is 13.0 Å². The average Bonchev–Trinajstić information content (AvgIpc) is 3.11. The first-order chi connectivity index (χ1) is 14.2. The summed E-state index contributed by atoms with van der Waals surface area (Å²) in [7, 11) is 0. The molecule has 0 saturated heterocycles. The van der Waals surface area contributed by atoms with E-state index < -0.39 is 0 Å². The molecule has 0 saturated carbocycles. The van der Waals surface area contributed by atoms with Crippen LogP contribution in [0.4, 0.5) is 0 Å². The van der Waals surface area contributed by atoms with Gasteiger partial charge in [-0.3, -0.25) is 0 Å². The lowest BCUT2D eigenvalue weighted by Gasteiger charge is -2.25. The molecule has 4 aromatic rings. The highest BCUT2D eigenvalue weighted by Gasteiger charge is 2.25. The summed E-state index contributed by atoms with van der Waals surface area (Å²) in [5, 5.41) is 5.76. The quantitative estimate of drug-likeness (QED) is 0.443. The van der Waals surface area contributed by atoms with E-state index >= 15 is 0 Å². The molecule has 0 aliphatic carbocycles. The Kier molecular flexibility index (Phi) is 4.78. The minimum atomic E-state index is 0.144. The normalized spacial score (nSPS) is 16.0. The molecule has 146 valence electrons. The van der Waals surface area contributed by atoms with Gasteiger partial charge in [-0.1, -0.05) is 47.5 Å². The average molecular weight is 403 g/mol. The van der Waals surface area contributed by atoms with Crippen LogP contribution in [0.1, 0.15) is 34.0 Å². The van der Waals surface area contributed by atoms with E-state index in [1.165, 1.54) is 33.3 Å². The van der Waals surface area contributed by atoms with Crippen molar-refractivity contribution in [3.05, 3.63) is 99.7 Å². The fourth-order valence-electron chi connectivity index (χ4n) is 4.16. The van der Waals surface area contributed by atoms with Gasteiger partial charge in [0.2, 0.25) is 0 Å². The Labute approximate surface area is 175 Å². The largest absolute Gasteiger partial charge is 0.489 e. The number of hydrogen-bond donors (Lipinski definition) is 2. The van der Waals surface area contributed by atoms with Crippen molar-refractivity contribution in [1.29, 1.82) is 0 Å². The number of H-pyrrole nitrogens is 1. The Hall–Kier alpha value is -2.75. The molecule has 29 heavy (non-hydrogen) atoms. The van der Waals surface area contributed by atoms with Crippen LogP contribution in [0.5, 0.6) is 5.75 Å². The first-order valence-corrected chi connectivity index (χ1v) is 10.4. The van der Waals surface area contributed by atoms with Crippen molar-refractivity contribution in [2.75, 3.05) is 6.54 Å². The van der Waals surface area contributed by atoms with Crippen molar-refractivity contribution < 1.29 is 4.74 Å². The lowest BCUT2D eigenvalue weighted by Crippen LogP contribution is -2.30. The second-order valence-corrected chi connectivity index (χ2v) is 8.13. The zero-order chi connectivity index (χ0) is 19.8. The highest BCUT2D eigenvalue weighted by atomic mass is 35.5. The van der Waals surface area contributed by atoms with Crippen molar-refractivity contribution in [2.24, 2.45) is 0 Å². The van der Waals surface area contributed by atoms with E-state index in [1.54, 1.807) is 0 Å². The summed E-state index contributed by atoms with van der Waals surface area (Å²) in [4.78, 5) is 3.66. The summed E-state index contributed by atoms with van der Waals surface area (Å²) in [5.74, 6) is 0.873. The van der Waals surface area contributed by atoms with Crippen LogP contribution >= 0.6 is 11.6 Å². The van der Waals surface area contributed by atoms with Crippen LogP contribution in [-0.4, -0.2) is 11.5 Å². The number of aromatic nitrogens is 1. The lowest BCUT2D eigenvalue weighted by atomic mass is 9.94.